The highest BCUT2D eigenvalue weighted by molar-refractivity contribution is 5.38. The molecule has 0 amide bonds. The van der Waals surface area contributed by atoms with Crippen LogP contribution in [0.5, 0.6) is 5.75 Å². The van der Waals surface area contributed by atoms with Crippen LogP contribution in [0.4, 0.5) is 13.2 Å². The Balaban J connectivity index is 3.12. The van der Waals surface area contributed by atoms with E-state index in [4.69, 9.17) is 10.8 Å². The quantitative estimate of drug-likeness (QED) is 0.708. The van der Waals surface area contributed by atoms with Gasteiger partial charge in [0, 0.05) is 5.56 Å². The van der Waals surface area contributed by atoms with Crippen molar-refractivity contribution in [1.29, 1.82) is 0 Å². The van der Waals surface area contributed by atoms with Crippen molar-refractivity contribution in [2.24, 2.45) is 5.73 Å². The predicted molar refractivity (Wildman–Crippen MR) is 47.0 cm³/mol. The van der Waals surface area contributed by atoms with Gasteiger partial charge in [-0.3, -0.25) is 0 Å². The van der Waals surface area contributed by atoms with Crippen LogP contribution >= 0.6 is 0 Å². The number of halogens is 3. The number of alkyl halides is 3. The molecule has 0 heterocycles. The maximum Gasteiger partial charge on any atom is 0.407 e. The summed E-state index contributed by atoms with van der Waals surface area (Å²) < 4.78 is 36.8. The minimum absolute atomic E-state index is 0.266. The van der Waals surface area contributed by atoms with Gasteiger partial charge < -0.3 is 15.9 Å². The number of hydrogen-bond acceptors (Lipinski definition) is 3. The molecule has 1 aromatic carbocycles. The molecule has 0 aliphatic carbocycles. The summed E-state index contributed by atoms with van der Waals surface area (Å²) in [4.78, 5) is 0. The van der Waals surface area contributed by atoms with Crippen LogP contribution in [0.15, 0.2) is 18.2 Å². The first-order valence-electron chi connectivity index (χ1n) is 4.11. The van der Waals surface area contributed by atoms with Gasteiger partial charge in [-0.15, -0.1) is 0 Å². The molecule has 15 heavy (non-hydrogen) atoms. The SMILES string of the molecule is N[C@@H](c1cc(CO)ccc1O)C(F)(F)F. The molecule has 84 valence electrons. The highest BCUT2D eigenvalue weighted by Gasteiger charge is 2.39. The minimum Gasteiger partial charge on any atom is -0.508 e. The van der Waals surface area contributed by atoms with Crippen molar-refractivity contribution in [3.63, 3.8) is 0 Å². The van der Waals surface area contributed by atoms with E-state index >= 15 is 0 Å². The lowest BCUT2D eigenvalue weighted by Crippen LogP contribution is -2.28. The molecule has 0 unspecified atom stereocenters. The second-order valence-corrected chi connectivity index (χ2v) is 3.07. The van der Waals surface area contributed by atoms with Crippen molar-refractivity contribution in [2.45, 2.75) is 18.8 Å². The molecular formula is C9H10F3NO2. The standard InChI is InChI=1S/C9H10F3NO2/c10-9(11,12)8(13)6-3-5(4-14)1-2-7(6)15/h1-3,8,14-15H,4,13H2/t8-/m0/s1. The van der Waals surface area contributed by atoms with Gasteiger partial charge in [0.05, 0.1) is 6.61 Å². The fourth-order valence-corrected chi connectivity index (χ4v) is 1.13. The van der Waals surface area contributed by atoms with Crippen molar-refractivity contribution >= 4 is 0 Å². The zero-order valence-corrected chi connectivity index (χ0v) is 7.62. The molecule has 0 saturated carbocycles. The summed E-state index contributed by atoms with van der Waals surface area (Å²) in [6, 6.07) is 1.19. The van der Waals surface area contributed by atoms with Gasteiger partial charge in [0.2, 0.25) is 0 Å². The number of phenols is 1. The van der Waals surface area contributed by atoms with Crippen LogP contribution in [0.2, 0.25) is 0 Å². The van der Waals surface area contributed by atoms with Crippen LogP contribution < -0.4 is 5.73 Å². The van der Waals surface area contributed by atoms with E-state index in [1.807, 2.05) is 0 Å². The fourth-order valence-electron chi connectivity index (χ4n) is 1.13. The van der Waals surface area contributed by atoms with Crippen LogP contribution in [0, 0.1) is 0 Å². The average molecular weight is 221 g/mol. The molecule has 3 nitrogen and oxygen atoms in total. The Morgan fingerprint density at radius 3 is 2.40 bits per heavy atom. The first-order chi connectivity index (χ1) is 6.86. The van der Waals surface area contributed by atoms with E-state index in [0.717, 1.165) is 12.1 Å². The molecule has 0 aromatic heterocycles. The Kier molecular flexibility index (Phi) is 3.21. The summed E-state index contributed by atoms with van der Waals surface area (Å²) in [5.74, 6) is -0.531. The third-order valence-electron chi connectivity index (χ3n) is 1.96. The number of aromatic hydroxyl groups is 1. The monoisotopic (exact) mass is 221 g/mol. The lowest BCUT2D eigenvalue weighted by Gasteiger charge is -2.17. The molecule has 0 radical (unpaired) electrons. The van der Waals surface area contributed by atoms with Gasteiger partial charge in [0.1, 0.15) is 11.8 Å². The van der Waals surface area contributed by atoms with E-state index in [2.05, 4.69) is 0 Å². The van der Waals surface area contributed by atoms with Crippen molar-refractivity contribution in [2.75, 3.05) is 0 Å². The zero-order chi connectivity index (χ0) is 11.6. The van der Waals surface area contributed by atoms with E-state index in [1.54, 1.807) is 0 Å². The Labute approximate surface area is 84.0 Å². The Morgan fingerprint density at radius 1 is 1.33 bits per heavy atom. The predicted octanol–water partition coefficient (Wildman–Crippen LogP) is 1.45. The van der Waals surface area contributed by atoms with Crippen LogP contribution in [0.1, 0.15) is 17.2 Å². The van der Waals surface area contributed by atoms with Gasteiger partial charge in [-0.2, -0.15) is 13.2 Å². The lowest BCUT2D eigenvalue weighted by molar-refractivity contribution is -0.149. The number of hydrogen-bond donors (Lipinski definition) is 3. The van der Waals surface area contributed by atoms with Gasteiger partial charge in [-0.1, -0.05) is 6.07 Å². The average Bonchev–Trinajstić information content (AvgIpc) is 2.16. The summed E-state index contributed by atoms with van der Waals surface area (Å²) in [6.07, 6.45) is -4.62. The molecule has 6 heteroatoms. The Morgan fingerprint density at radius 2 is 1.93 bits per heavy atom. The van der Waals surface area contributed by atoms with Gasteiger partial charge in [0.15, 0.2) is 0 Å². The minimum atomic E-state index is -4.62. The van der Waals surface area contributed by atoms with Crippen molar-refractivity contribution < 1.29 is 23.4 Å². The molecule has 4 N–H and O–H groups in total. The van der Waals surface area contributed by atoms with E-state index < -0.39 is 30.1 Å². The van der Waals surface area contributed by atoms with E-state index in [0.29, 0.717) is 0 Å². The molecule has 0 aliphatic rings. The maximum atomic E-state index is 12.3. The largest absolute Gasteiger partial charge is 0.508 e. The summed E-state index contributed by atoms with van der Waals surface area (Å²) in [5, 5.41) is 17.9. The maximum absolute atomic E-state index is 12.3. The summed E-state index contributed by atoms with van der Waals surface area (Å²) >= 11 is 0. The van der Waals surface area contributed by atoms with Crippen molar-refractivity contribution in [3.8, 4) is 5.75 Å². The van der Waals surface area contributed by atoms with Gasteiger partial charge in [-0.05, 0) is 17.7 Å². The normalized spacial score (nSPS) is 13.9. The molecule has 0 spiro atoms. The highest BCUT2D eigenvalue weighted by atomic mass is 19.4. The molecule has 1 rings (SSSR count). The van der Waals surface area contributed by atoms with Crippen molar-refractivity contribution in [1.82, 2.24) is 0 Å². The van der Waals surface area contributed by atoms with E-state index in [1.165, 1.54) is 6.07 Å². The van der Waals surface area contributed by atoms with Crippen LogP contribution in [0.3, 0.4) is 0 Å². The molecule has 1 aromatic rings. The second-order valence-electron chi connectivity index (χ2n) is 3.07. The summed E-state index contributed by atoms with van der Waals surface area (Å²) in [5.41, 5.74) is 4.76. The second kappa shape index (κ2) is 4.08. The Bertz CT molecular complexity index is 352. The Hall–Kier alpha value is -1.27. The van der Waals surface area contributed by atoms with E-state index in [9.17, 15) is 18.3 Å². The molecule has 0 aliphatic heterocycles. The molecule has 1 atom stereocenters. The first kappa shape index (κ1) is 11.8. The number of nitrogens with two attached hydrogens (primary N) is 1. The number of benzene rings is 1. The zero-order valence-electron chi connectivity index (χ0n) is 7.62. The van der Waals surface area contributed by atoms with Crippen molar-refractivity contribution in [3.05, 3.63) is 29.3 Å². The molecule has 0 bridgehead atoms. The number of aliphatic hydroxyl groups excluding tert-OH is 1. The smallest absolute Gasteiger partial charge is 0.407 e. The lowest BCUT2D eigenvalue weighted by atomic mass is 10.0. The van der Waals surface area contributed by atoms with Gasteiger partial charge >= 0.3 is 6.18 Å². The number of rotatable bonds is 2. The summed E-state index contributed by atoms with van der Waals surface area (Å²) in [7, 11) is 0. The van der Waals surface area contributed by atoms with E-state index in [-0.39, 0.29) is 5.56 Å². The van der Waals surface area contributed by atoms with Gasteiger partial charge in [0.25, 0.3) is 0 Å². The topological polar surface area (TPSA) is 66.5 Å². The number of phenolic OH excluding ortho intramolecular Hbond substituents is 1. The fraction of sp³-hybridized carbons (Fsp3) is 0.333. The van der Waals surface area contributed by atoms with Gasteiger partial charge in [-0.25, -0.2) is 0 Å². The highest BCUT2D eigenvalue weighted by Crippen LogP contribution is 2.35. The molecular weight excluding hydrogens is 211 g/mol. The third kappa shape index (κ3) is 2.60. The number of aliphatic hydroxyl groups is 1. The third-order valence-corrected chi connectivity index (χ3v) is 1.96. The molecule has 0 fully saturated rings. The summed E-state index contributed by atoms with van der Waals surface area (Å²) in [6.45, 7) is -0.405. The van der Waals surface area contributed by atoms with Crippen LogP contribution in [0.25, 0.3) is 0 Å². The van der Waals surface area contributed by atoms with Crippen LogP contribution in [-0.2, 0) is 6.61 Å². The first-order valence-corrected chi connectivity index (χ1v) is 4.11. The molecule has 0 saturated heterocycles. The van der Waals surface area contributed by atoms with Crippen LogP contribution in [-0.4, -0.2) is 16.4 Å².